The molecule has 2 aliphatic heterocycles. The molecule has 1 aromatic heterocycles. The van der Waals surface area contributed by atoms with Crippen LogP contribution in [0.5, 0.6) is 0 Å². The summed E-state index contributed by atoms with van der Waals surface area (Å²) in [4.78, 5) is 53.6. The Kier molecular flexibility index (Phi) is 6.60. The number of ketones is 3. The predicted octanol–water partition coefficient (Wildman–Crippen LogP) is 4.74. The van der Waals surface area contributed by atoms with E-state index in [1.807, 2.05) is 24.8 Å². The second kappa shape index (κ2) is 9.56. The highest BCUT2D eigenvalue weighted by Crippen LogP contribution is 2.62. The summed E-state index contributed by atoms with van der Waals surface area (Å²) in [6.07, 6.45) is 8.60. The fraction of sp³-hybridized carbons (Fsp3) is 0.621. The summed E-state index contributed by atoms with van der Waals surface area (Å²) in [5.74, 6) is 0.158. The lowest BCUT2D eigenvalue weighted by Crippen LogP contribution is -2.44. The molecule has 3 atom stereocenters. The Morgan fingerprint density at radius 3 is 2.53 bits per heavy atom. The van der Waals surface area contributed by atoms with Crippen molar-refractivity contribution in [1.29, 1.82) is 0 Å². The van der Waals surface area contributed by atoms with E-state index in [2.05, 4.69) is 11.2 Å². The van der Waals surface area contributed by atoms with Gasteiger partial charge in [0.15, 0.2) is 11.6 Å². The maximum atomic E-state index is 13.8. The van der Waals surface area contributed by atoms with Gasteiger partial charge in [-0.3, -0.25) is 23.9 Å². The molecule has 7 heteroatoms. The number of aromatic nitrogens is 2. The van der Waals surface area contributed by atoms with E-state index in [0.29, 0.717) is 37.2 Å². The van der Waals surface area contributed by atoms with Crippen LogP contribution in [0, 0.1) is 12.3 Å². The maximum absolute atomic E-state index is 13.8. The van der Waals surface area contributed by atoms with Crippen molar-refractivity contribution in [3.8, 4) is 0 Å². The van der Waals surface area contributed by atoms with E-state index >= 15 is 0 Å². The van der Waals surface area contributed by atoms with Crippen molar-refractivity contribution < 1.29 is 19.2 Å². The van der Waals surface area contributed by atoms with E-state index in [1.165, 1.54) is 6.92 Å². The number of hydrogen-bond donors (Lipinski definition) is 0. The lowest BCUT2D eigenvalue weighted by atomic mass is 9.90. The molecule has 0 radical (unpaired) electrons. The van der Waals surface area contributed by atoms with Crippen LogP contribution in [-0.2, 0) is 27.3 Å². The Bertz CT molecular complexity index is 1240. The summed E-state index contributed by atoms with van der Waals surface area (Å²) in [6.45, 7) is 5.40. The van der Waals surface area contributed by atoms with Gasteiger partial charge in [-0.05, 0) is 62.5 Å². The summed E-state index contributed by atoms with van der Waals surface area (Å²) in [7, 11) is 0. The van der Waals surface area contributed by atoms with Gasteiger partial charge in [-0.15, -0.1) is 0 Å². The molecule has 1 amide bonds. The standard InChI is InChI=1S/C29H37N3O4/c1-4-24(35)23-15-29-12-11-21(34)10-8-6-5-7-9-20-13-18(2)14-22-27(19(3)33)30-31(28(20)22)17-26(36)32(23)25(29)16-29/h13-14,23,25H,4-12,15-17H2,1-3H3/t23-,25+,29-/m0/s1. The van der Waals surface area contributed by atoms with Gasteiger partial charge in [0.25, 0.3) is 0 Å². The maximum Gasteiger partial charge on any atom is 0.245 e. The van der Waals surface area contributed by atoms with Crippen LogP contribution >= 0.6 is 0 Å². The fourth-order valence-electron chi connectivity index (χ4n) is 6.71. The number of hydrogen-bond acceptors (Lipinski definition) is 5. The highest BCUT2D eigenvalue weighted by atomic mass is 16.2. The molecular weight excluding hydrogens is 454 g/mol. The zero-order valence-electron chi connectivity index (χ0n) is 21.8. The van der Waals surface area contributed by atoms with Gasteiger partial charge in [0.05, 0.1) is 11.6 Å². The number of carbonyl (C=O) groups is 4. The number of rotatable bonds is 3. The molecule has 1 saturated heterocycles. The Morgan fingerprint density at radius 1 is 1.06 bits per heavy atom. The smallest absolute Gasteiger partial charge is 0.245 e. The summed E-state index contributed by atoms with van der Waals surface area (Å²) in [6, 6.07) is 3.72. The summed E-state index contributed by atoms with van der Waals surface area (Å²) >= 11 is 0. The van der Waals surface area contributed by atoms with Crippen LogP contribution in [0.25, 0.3) is 10.9 Å². The number of benzene rings is 1. The van der Waals surface area contributed by atoms with Crippen LogP contribution in [0.3, 0.4) is 0 Å². The first kappa shape index (κ1) is 24.8. The van der Waals surface area contributed by atoms with Crippen molar-refractivity contribution in [1.82, 2.24) is 14.7 Å². The minimum Gasteiger partial charge on any atom is -0.327 e. The largest absolute Gasteiger partial charge is 0.327 e. The topological polar surface area (TPSA) is 89.3 Å². The van der Waals surface area contributed by atoms with Gasteiger partial charge in [-0.25, -0.2) is 0 Å². The third-order valence-corrected chi connectivity index (χ3v) is 8.67. The van der Waals surface area contributed by atoms with Gasteiger partial charge in [-0.2, -0.15) is 5.10 Å². The first-order chi connectivity index (χ1) is 17.2. The average molecular weight is 492 g/mol. The first-order valence-electron chi connectivity index (χ1n) is 13.6. The molecule has 3 aliphatic rings. The van der Waals surface area contributed by atoms with Gasteiger partial charge in [0.2, 0.25) is 5.91 Å². The Hall–Kier alpha value is -2.83. The lowest BCUT2D eigenvalue weighted by molar-refractivity contribution is -0.139. The van der Waals surface area contributed by atoms with Crippen molar-refractivity contribution in [3.63, 3.8) is 0 Å². The van der Waals surface area contributed by atoms with Crippen molar-refractivity contribution in [2.75, 3.05) is 0 Å². The zero-order valence-corrected chi connectivity index (χ0v) is 21.8. The third-order valence-electron chi connectivity index (χ3n) is 8.67. The quantitative estimate of drug-likeness (QED) is 0.579. The van der Waals surface area contributed by atoms with Gasteiger partial charge in [-0.1, -0.05) is 31.4 Å². The molecule has 2 fully saturated rings. The molecule has 36 heavy (non-hydrogen) atoms. The Balaban J connectivity index is 1.56. The van der Waals surface area contributed by atoms with Crippen LogP contribution in [0.4, 0.5) is 0 Å². The van der Waals surface area contributed by atoms with Crippen LogP contribution in [0.1, 0.15) is 99.7 Å². The van der Waals surface area contributed by atoms with Crippen LogP contribution < -0.4 is 0 Å². The molecule has 1 saturated carbocycles. The van der Waals surface area contributed by atoms with Crippen LogP contribution in [0.2, 0.25) is 0 Å². The first-order valence-corrected chi connectivity index (χ1v) is 13.6. The summed E-state index contributed by atoms with van der Waals surface area (Å²) in [5, 5.41) is 5.44. The number of nitrogens with zero attached hydrogens (tertiary/aromatic N) is 3. The fourth-order valence-corrected chi connectivity index (χ4v) is 6.71. The number of piperidine rings is 1. The van der Waals surface area contributed by atoms with Crippen molar-refractivity contribution in [2.24, 2.45) is 5.41 Å². The predicted molar refractivity (Wildman–Crippen MR) is 137 cm³/mol. The summed E-state index contributed by atoms with van der Waals surface area (Å²) < 4.78 is 1.71. The van der Waals surface area contributed by atoms with Crippen molar-refractivity contribution in [3.05, 3.63) is 29.0 Å². The number of Topliss-reactive ketones (excluding diaryl/α,β-unsaturated/α-hetero) is 3. The molecular formula is C29H37N3O4. The highest BCUT2D eigenvalue weighted by Gasteiger charge is 2.66. The summed E-state index contributed by atoms with van der Waals surface area (Å²) in [5.41, 5.74) is 3.32. The van der Waals surface area contributed by atoms with Gasteiger partial charge in [0, 0.05) is 37.6 Å². The second-order valence-electron chi connectivity index (χ2n) is 11.3. The minimum atomic E-state index is -0.425. The second-order valence-corrected chi connectivity index (χ2v) is 11.3. The molecule has 2 aromatic rings. The lowest BCUT2D eigenvalue weighted by Gasteiger charge is -2.26. The molecule has 3 heterocycles. The van der Waals surface area contributed by atoms with E-state index in [9.17, 15) is 19.2 Å². The van der Waals surface area contributed by atoms with Gasteiger partial charge < -0.3 is 4.90 Å². The number of aryl methyl sites for hydroxylation is 2. The molecule has 0 unspecified atom stereocenters. The normalized spacial score (nSPS) is 27.1. The minimum absolute atomic E-state index is 0.0127. The van der Waals surface area contributed by atoms with Crippen molar-refractivity contribution >= 4 is 34.2 Å². The van der Waals surface area contributed by atoms with Gasteiger partial charge in [0.1, 0.15) is 18.0 Å². The highest BCUT2D eigenvalue weighted by molar-refractivity contribution is 6.06. The van der Waals surface area contributed by atoms with E-state index in [0.717, 1.165) is 67.0 Å². The molecule has 1 aromatic carbocycles. The number of amides is 1. The molecule has 1 aliphatic carbocycles. The van der Waals surface area contributed by atoms with Crippen LogP contribution in [-0.4, -0.2) is 50.0 Å². The molecule has 7 nitrogen and oxygen atoms in total. The van der Waals surface area contributed by atoms with Gasteiger partial charge >= 0.3 is 0 Å². The molecule has 192 valence electrons. The van der Waals surface area contributed by atoms with E-state index in [4.69, 9.17) is 0 Å². The Labute approximate surface area is 212 Å². The Morgan fingerprint density at radius 2 is 1.81 bits per heavy atom. The monoisotopic (exact) mass is 491 g/mol. The number of carbonyl (C=O) groups excluding carboxylic acids is 4. The van der Waals surface area contributed by atoms with Crippen molar-refractivity contribution in [2.45, 2.75) is 110 Å². The molecule has 0 spiro atoms. The zero-order chi connectivity index (χ0) is 25.6. The average Bonchev–Trinajstić information content (AvgIpc) is 3.25. The van der Waals surface area contributed by atoms with E-state index in [-0.39, 0.29) is 35.5 Å². The molecule has 2 bridgehead atoms. The molecule has 5 rings (SSSR count). The third kappa shape index (κ3) is 4.41. The SMILES string of the molecule is CCC(=O)[C@@H]1C[C@]23CCC(=O)CCCCCCc4cc(C)cc5c(C(C)=O)nn(c45)CC(=O)N1[C@@H]2C3. The van der Waals surface area contributed by atoms with Crippen LogP contribution in [0.15, 0.2) is 12.1 Å². The molecule has 0 N–H and O–H groups in total. The van der Waals surface area contributed by atoms with E-state index in [1.54, 1.807) is 4.68 Å². The van der Waals surface area contributed by atoms with E-state index < -0.39 is 6.04 Å².